The van der Waals surface area contributed by atoms with Gasteiger partial charge in [0.2, 0.25) is 5.88 Å². The van der Waals surface area contributed by atoms with E-state index in [0.717, 1.165) is 5.56 Å². The molecular formula is C26H21N3O4. The van der Waals surface area contributed by atoms with E-state index >= 15 is 0 Å². The van der Waals surface area contributed by atoms with Gasteiger partial charge in [0.05, 0.1) is 23.8 Å². The molecule has 0 radical (unpaired) electrons. The normalized spacial score (nSPS) is 15.0. The lowest BCUT2D eigenvalue weighted by atomic mass is 9.83. The molecule has 1 aliphatic heterocycles. The standard InChI is InChI=1S/C26H21N3O4/c1-2-32-26(31)17-8-10-19(11-9-17)29-15-18-12-20-23(13-22(18)30)33-25(28)21(14-27)24(20)16-6-4-3-5-7-16/h3-13,15,24,30H,2,28H2,1H3. The van der Waals surface area contributed by atoms with Crippen LogP contribution in [0.3, 0.4) is 0 Å². The number of hydrogen-bond donors (Lipinski definition) is 2. The third-order valence-corrected chi connectivity index (χ3v) is 5.23. The van der Waals surface area contributed by atoms with E-state index in [1.54, 1.807) is 37.3 Å². The van der Waals surface area contributed by atoms with Gasteiger partial charge in [0.25, 0.3) is 0 Å². The Morgan fingerprint density at radius 3 is 2.61 bits per heavy atom. The van der Waals surface area contributed by atoms with Crippen LogP contribution in [0.1, 0.15) is 39.9 Å². The van der Waals surface area contributed by atoms with Crippen LogP contribution in [-0.2, 0) is 4.74 Å². The fourth-order valence-corrected chi connectivity index (χ4v) is 3.65. The minimum Gasteiger partial charge on any atom is -0.507 e. The number of benzene rings is 3. The number of nitriles is 1. The summed E-state index contributed by atoms with van der Waals surface area (Å²) in [7, 11) is 0. The molecule has 1 atom stereocenters. The number of rotatable bonds is 5. The first-order valence-corrected chi connectivity index (χ1v) is 10.3. The molecule has 0 saturated heterocycles. The number of carbonyl (C=O) groups is 1. The van der Waals surface area contributed by atoms with Crippen LogP contribution in [0.2, 0.25) is 0 Å². The number of carbonyl (C=O) groups excluding carboxylic acids is 1. The zero-order valence-electron chi connectivity index (χ0n) is 17.9. The van der Waals surface area contributed by atoms with Gasteiger partial charge in [-0.15, -0.1) is 0 Å². The van der Waals surface area contributed by atoms with E-state index < -0.39 is 11.9 Å². The van der Waals surface area contributed by atoms with Gasteiger partial charge in [-0.2, -0.15) is 5.26 Å². The first-order valence-electron chi connectivity index (χ1n) is 10.3. The molecule has 3 N–H and O–H groups in total. The molecule has 0 spiro atoms. The molecule has 0 bridgehead atoms. The minimum atomic E-state index is -0.434. The number of aliphatic imine (C=N–C) groups is 1. The summed E-state index contributed by atoms with van der Waals surface area (Å²) in [6.07, 6.45) is 1.52. The predicted molar refractivity (Wildman–Crippen MR) is 123 cm³/mol. The highest BCUT2D eigenvalue weighted by Crippen LogP contribution is 2.44. The lowest BCUT2D eigenvalue weighted by molar-refractivity contribution is 0.0526. The summed E-state index contributed by atoms with van der Waals surface area (Å²) in [5.41, 5.74) is 9.36. The second-order valence-electron chi connectivity index (χ2n) is 7.31. The van der Waals surface area contributed by atoms with E-state index in [2.05, 4.69) is 11.1 Å². The largest absolute Gasteiger partial charge is 0.507 e. The molecule has 0 fully saturated rings. The average Bonchev–Trinajstić information content (AvgIpc) is 2.83. The summed E-state index contributed by atoms with van der Waals surface area (Å²) < 4.78 is 10.6. The number of ether oxygens (including phenoxy) is 2. The monoisotopic (exact) mass is 439 g/mol. The number of esters is 1. The number of allylic oxidation sites excluding steroid dienone is 1. The molecule has 7 nitrogen and oxygen atoms in total. The van der Waals surface area contributed by atoms with Crippen LogP contribution in [0, 0.1) is 11.3 Å². The summed E-state index contributed by atoms with van der Waals surface area (Å²) in [6.45, 7) is 2.05. The Hall–Kier alpha value is -4.57. The van der Waals surface area contributed by atoms with E-state index in [9.17, 15) is 15.2 Å². The molecule has 3 aromatic carbocycles. The van der Waals surface area contributed by atoms with Crippen molar-refractivity contribution in [1.82, 2.24) is 0 Å². The number of nitrogens with two attached hydrogens (primary N) is 1. The summed E-state index contributed by atoms with van der Waals surface area (Å²) in [6, 6.07) is 21.5. The van der Waals surface area contributed by atoms with Gasteiger partial charge in [-0.05, 0) is 42.8 Å². The fourth-order valence-electron chi connectivity index (χ4n) is 3.65. The Kier molecular flexibility index (Phi) is 6.09. The Morgan fingerprint density at radius 1 is 1.21 bits per heavy atom. The first kappa shape index (κ1) is 21.7. The van der Waals surface area contributed by atoms with Crippen molar-refractivity contribution in [3.8, 4) is 17.6 Å². The first-order chi connectivity index (χ1) is 16.0. The maximum absolute atomic E-state index is 11.8. The van der Waals surface area contributed by atoms with Crippen LogP contribution in [0.15, 0.2) is 83.2 Å². The summed E-state index contributed by atoms with van der Waals surface area (Å²) in [5.74, 6) is -0.472. The highest BCUT2D eigenvalue weighted by Gasteiger charge is 2.31. The van der Waals surface area contributed by atoms with Crippen LogP contribution in [0.4, 0.5) is 5.69 Å². The van der Waals surface area contributed by atoms with E-state index in [-0.39, 0.29) is 11.6 Å². The van der Waals surface area contributed by atoms with Crippen molar-refractivity contribution in [1.29, 1.82) is 5.26 Å². The second-order valence-corrected chi connectivity index (χ2v) is 7.31. The van der Waals surface area contributed by atoms with Gasteiger partial charge in [-0.25, -0.2) is 4.79 Å². The van der Waals surface area contributed by atoms with Crippen molar-refractivity contribution in [2.45, 2.75) is 12.8 Å². The van der Waals surface area contributed by atoms with Crippen molar-refractivity contribution in [3.05, 3.63) is 100 Å². The quantitative estimate of drug-likeness (QED) is 0.445. The van der Waals surface area contributed by atoms with E-state index in [1.165, 1.54) is 12.3 Å². The lowest BCUT2D eigenvalue weighted by Crippen LogP contribution is -2.21. The van der Waals surface area contributed by atoms with Gasteiger partial charge in [-0.1, -0.05) is 30.3 Å². The number of fused-ring (bicyclic) bond motifs is 1. The molecular weight excluding hydrogens is 418 g/mol. The Labute approximate surface area is 191 Å². The fraction of sp³-hybridized carbons (Fsp3) is 0.115. The molecule has 0 amide bonds. The highest BCUT2D eigenvalue weighted by molar-refractivity contribution is 5.90. The van der Waals surface area contributed by atoms with Gasteiger partial charge in [0.15, 0.2) is 0 Å². The van der Waals surface area contributed by atoms with E-state index in [4.69, 9.17) is 15.2 Å². The molecule has 7 heteroatoms. The molecule has 33 heavy (non-hydrogen) atoms. The molecule has 0 aromatic heterocycles. The van der Waals surface area contributed by atoms with Crippen LogP contribution in [0.25, 0.3) is 0 Å². The van der Waals surface area contributed by atoms with Gasteiger partial charge in [-0.3, -0.25) is 4.99 Å². The van der Waals surface area contributed by atoms with Crippen molar-refractivity contribution >= 4 is 17.9 Å². The molecule has 0 aliphatic carbocycles. The average molecular weight is 439 g/mol. The molecule has 4 rings (SSSR count). The molecule has 1 heterocycles. The van der Waals surface area contributed by atoms with Crippen molar-refractivity contribution in [2.24, 2.45) is 10.7 Å². The summed E-state index contributed by atoms with van der Waals surface area (Å²) in [5, 5.41) is 20.2. The Morgan fingerprint density at radius 2 is 1.94 bits per heavy atom. The third kappa shape index (κ3) is 4.41. The maximum atomic E-state index is 11.8. The van der Waals surface area contributed by atoms with Crippen LogP contribution < -0.4 is 10.5 Å². The summed E-state index contributed by atoms with van der Waals surface area (Å²) >= 11 is 0. The lowest BCUT2D eigenvalue weighted by Gasteiger charge is -2.27. The smallest absolute Gasteiger partial charge is 0.338 e. The Bertz CT molecular complexity index is 1290. The number of hydrogen-bond acceptors (Lipinski definition) is 7. The van der Waals surface area contributed by atoms with E-state index in [0.29, 0.717) is 40.3 Å². The van der Waals surface area contributed by atoms with Crippen LogP contribution >= 0.6 is 0 Å². The van der Waals surface area contributed by atoms with Crippen molar-refractivity contribution in [2.75, 3.05) is 6.61 Å². The van der Waals surface area contributed by atoms with Gasteiger partial charge in [0, 0.05) is 23.4 Å². The highest BCUT2D eigenvalue weighted by atomic mass is 16.5. The molecule has 1 aliphatic rings. The SMILES string of the molecule is CCOC(=O)c1ccc(N=Cc2cc3c(cc2O)OC(N)=C(C#N)C3c2ccccc2)cc1. The van der Waals surface area contributed by atoms with E-state index in [1.807, 2.05) is 30.3 Å². The molecule has 3 aromatic rings. The predicted octanol–water partition coefficient (Wildman–Crippen LogP) is 4.54. The zero-order chi connectivity index (χ0) is 23.4. The minimum absolute atomic E-state index is 0.0151. The van der Waals surface area contributed by atoms with Gasteiger partial charge < -0.3 is 20.3 Å². The number of aromatic hydroxyl groups is 1. The number of phenolic OH excluding ortho intramolecular Hbond substituents is 1. The van der Waals surface area contributed by atoms with Gasteiger partial charge >= 0.3 is 5.97 Å². The van der Waals surface area contributed by atoms with Crippen molar-refractivity contribution < 1.29 is 19.4 Å². The van der Waals surface area contributed by atoms with Crippen LogP contribution in [0.5, 0.6) is 11.5 Å². The topological polar surface area (TPSA) is 118 Å². The van der Waals surface area contributed by atoms with Crippen LogP contribution in [-0.4, -0.2) is 23.9 Å². The molecule has 164 valence electrons. The third-order valence-electron chi connectivity index (χ3n) is 5.23. The summed E-state index contributed by atoms with van der Waals surface area (Å²) in [4.78, 5) is 16.2. The van der Waals surface area contributed by atoms with Crippen molar-refractivity contribution in [3.63, 3.8) is 0 Å². The Balaban J connectivity index is 1.69. The zero-order valence-corrected chi connectivity index (χ0v) is 17.9. The number of nitrogens with zero attached hydrogens (tertiary/aromatic N) is 2. The number of phenols is 1. The second kappa shape index (κ2) is 9.28. The van der Waals surface area contributed by atoms with Gasteiger partial charge in [0.1, 0.15) is 23.1 Å². The maximum Gasteiger partial charge on any atom is 0.338 e. The molecule has 0 saturated carbocycles. The molecule has 1 unspecified atom stereocenters.